The molecule has 66 valence electrons. The van der Waals surface area contributed by atoms with Crippen LogP contribution in [-0.4, -0.2) is 14.7 Å². The Morgan fingerprint density at radius 2 is 1.92 bits per heavy atom. The number of hydrogen-bond donors (Lipinski definition) is 0. The molecule has 0 aliphatic heterocycles. The Morgan fingerprint density at radius 1 is 1.33 bits per heavy atom. The second-order valence-electron chi connectivity index (χ2n) is 2.71. The Hall–Kier alpha value is -0.350. The van der Waals surface area contributed by atoms with E-state index in [4.69, 9.17) is 0 Å². The van der Waals surface area contributed by atoms with Crippen molar-refractivity contribution in [1.82, 2.24) is 0 Å². The standard InChI is InChI=1S/C8H9BrO2S/c1-6-3-4-7(9)8(5-6)12(2,10)11/h3-5H,1-2H3. The predicted octanol–water partition coefficient (Wildman–Crippen LogP) is 2.16. The fraction of sp³-hybridized carbons (Fsp3) is 0.250. The third-order valence-electron chi connectivity index (χ3n) is 1.49. The number of aryl methyl sites for hydroxylation is 1. The third-order valence-corrected chi connectivity index (χ3v) is 3.58. The van der Waals surface area contributed by atoms with Gasteiger partial charge in [0.2, 0.25) is 0 Å². The van der Waals surface area contributed by atoms with Crippen molar-refractivity contribution in [2.75, 3.05) is 6.26 Å². The topological polar surface area (TPSA) is 34.1 Å². The van der Waals surface area contributed by atoms with Crippen molar-refractivity contribution in [3.8, 4) is 0 Å². The molecule has 0 heterocycles. The lowest BCUT2D eigenvalue weighted by Crippen LogP contribution is -1.98. The van der Waals surface area contributed by atoms with Gasteiger partial charge in [0, 0.05) is 10.7 Å². The van der Waals surface area contributed by atoms with Crippen molar-refractivity contribution < 1.29 is 8.42 Å². The summed E-state index contributed by atoms with van der Waals surface area (Å²) in [5.41, 5.74) is 0.943. The van der Waals surface area contributed by atoms with E-state index in [1.54, 1.807) is 12.1 Å². The van der Waals surface area contributed by atoms with Crippen molar-refractivity contribution in [3.63, 3.8) is 0 Å². The molecule has 0 spiro atoms. The molecule has 0 saturated carbocycles. The smallest absolute Gasteiger partial charge is 0.176 e. The van der Waals surface area contributed by atoms with Gasteiger partial charge in [0.1, 0.15) is 0 Å². The van der Waals surface area contributed by atoms with Crippen LogP contribution in [0.2, 0.25) is 0 Å². The molecule has 4 heteroatoms. The molecule has 0 radical (unpaired) electrons. The molecule has 0 fully saturated rings. The quantitative estimate of drug-likeness (QED) is 0.764. The van der Waals surface area contributed by atoms with Crippen LogP contribution in [0.4, 0.5) is 0 Å². The number of benzene rings is 1. The third kappa shape index (κ3) is 2.08. The van der Waals surface area contributed by atoms with E-state index >= 15 is 0 Å². The van der Waals surface area contributed by atoms with Gasteiger partial charge in [-0.2, -0.15) is 0 Å². The fourth-order valence-electron chi connectivity index (χ4n) is 0.895. The maximum atomic E-state index is 11.2. The van der Waals surface area contributed by atoms with Gasteiger partial charge in [0.15, 0.2) is 9.84 Å². The van der Waals surface area contributed by atoms with E-state index in [-0.39, 0.29) is 0 Å². The van der Waals surface area contributed by atoms with Crippen LogP contribution < -0.4 is 0 Å². The first-order chi connectivity index (χ1) is 5.41. The molecule has 12 heavy (non-hydrogen) atoms. The van der Waals surface area contributed by atoms with Gasteiger partial charge in [-0.3, -0.25) is 0 Å². The zero-order valence-corrected chi connectivity index (χ0v) is 9.24. The highest BCUT2D eigenvalue weighted by atomic mass is 79.9. The summed E-state index contributed by atoms with van der Waals surface area (Å²) in [6, 6.07) is 5.25. The van der Waals surface area contributed by atoms with Gasteiger partial charge in [-0.05, 0) is 40.5 Å². The molecule has 2 nitrogen and oxygen atoms in total. The van der Waals surface area contributed by atoms with Gasteiger partial charge in [-0.25, -0.2) is 8.42 Å². The summed E-state index contributed by atoms with van der Waals surface area (Å²) >= 11 is 3.19. The molecule has 1 aromatic carbocycles. The monoisotopic (exact) mass is 248 g/mol. The highest BCUT2D eigenvalue weighted by Gasteiger charge is 2.10. The van der Waals surface area contributed by atoms with E-state index in [0.717, 1.165) is 5.56 Å². The molecule has 0 aromatic heterocycles. The maximum Gasteiger partial charge on any atom is 0.176 e. The summed E-state index contributed by atoms with van der Waals surface area (Å²) in [6.07, 6.45) is 1.20. The summed E-state index contributed by atoms with van der Waals surface area (Å²) in [5, 5.41) is 0. The molecule has 0 bridgehead atoms. The van der Waals surface area contributed by atoms with Gasteiger partial charge in [-0.15, -0.1) is 0 Å². The van der Waals surface area contributed by atoms with Gasteiger partial charge < -0.3 is 0 Å². The first-order valence-corrected chi connectivity index (χ1v) is 6.06. The second-order valence-corrected chi connectivity index (χ2v) is 5.54. The molecule has 0 saturated heterocycles. The van der Waals surface area contributed by atoms with E-state index in [0.29, 0.717) is 9.37 Å². The molecule has 0 aliphatic carbocycles. The molecular formula is C8H9BrO2S. The van der Waals surface area contributed by atoms with E-state index in [1.807, 2.05) is 13.0 Å². The van der Waals surface area contributed by atoms with Crippen LogP contribution in [-0.2, 0) is 9.84 Å². The van der Waals surface area contributed by atoms with Crippen LogP contribution in [0.1, 0.15) is 5.56 Å². The lowest BCUT2D eigenvalue weighted by molar-refractivity contribution is 0.601. The maximum absolute atomic E-state index is 11.2. The first kappa shape index (κ1) is 9.74. The molecule has 0 N–H and O–H groups in total. The van der Waals surface area contributed by atoms with Crippen molar-refractivity contribution in [2.24, 2.45) is 0 Å². The molecular weight excluding hydrogens is 240 g/mol. The SMILES string of the molecule is Cc1ccc(Br)c(S(C)(=O)=O)c1. The minimum Gasteiger partial charge on any atom is -0.224 e. The van der Waals surface area contributed by atoms with E-state index in [9.17, 15) is 8.42 Å². The zero-order chi connectivity index (χ0) is 9.35. The van der Waals surface area contributed by atoms with Crippen LogP contribution in [0.15, 0.2) is 27.6 Å². The summed E-state index contributed by atoms with van der Waals surface area (Å²) in [4.78, 5) is 0.350. The molecule has 0 unspecified atom stereocenters. The summed E-state index contributed by atoms with van der Waals surface area (Å²) in [7, 11) is -3.10. The van der Waals surface area contributed by atoms with Crippen molar-refractivity contribution in [3.05, 3.63) is 28.2 Å². The predicted molar refractivity (Wildman–Crippen MR) is 52.0 cm³/mol. The van der Waals surface area contributed by atoms with E-state index < -0.39 is 9.84 Å². The van der Waals surface area contributed by atoms with Crippen LogP contribution >= 0.6 is 15.9 Å². The van der Waals surface area contributed by atoms with Gasteiger partial charge in [-0.1, -0.05) is 6.07 Å². The molecule has 1 rings (SSSR count). The lowest BCUT2D eigenvalue weighted by atomic mass is 10.2. The summed E-state index contributed by atoms with van der Waals surface area (Å²) < 4.78 is 23.0. The van der Waals surface area contributed by atoms with Gasteiger partial charge in [0.25, 0.3) is 0 Å². The van der Waals surface area contributed by atoms with E-state index in [1.165, 1.54) is 6.26 Å². The summed E-state index contributed by atoms with van der Waals surface area (Å²) in [6.45, 7) is 1.86. The van der Waals surface area contributed by atoms with Crippen molar-refractivity contribution in [2.45, 2.75) is 11.8 Å². The van der Waals surface area contributed by atoms with Crippen LogP contribution in [0.3, 0.4) is 0 Å². The first-order valence-electron chi connectivity index (χ1n) is 3.37. The Labute approximate surface area is 80.7 Å². The average molecular weight is 249 g/mol. The number of hydrogen-bond acceptors (Lipinski definition) is 2. The lowest BCUT2D eigenvalue weighted by Gasteiger charge is -2.02. The number of halogens is 1. The van der Waals surface area contributed by atoms with Crippen molar-refractivity contribution >= 4 is 25.8 Å². The number of rotatable bonds is 1. The second kappa shape index (κ2) is 3.18. The highest BCUT2D eigenvalue weighted by molar-refractivity contribution is 9.10. The molecule has 0 atom stereocenters. The Bertz CT molecular complexity index is 396. The highest BCUT2D eigenvalue weighted by Crippen LogP contribution is 2.22. The molecule has 0 amide bonds. The molecule has 0 aliphatic rings. The number of sulfone groups is 1. The van der Waals surface area contributed by atoms with Crippen molar-refractivity contribution in [1.29, 1.82) is 0 Å². The Balaban J connectivity index is 3.43. The zero-order valence-electron chi connectivity index (χ0n) is 6.83. The fourth-order valence-corrected chi connectivity index (χ4v) is 2.85. The normalized spacial score (nSPS) is 11.6. The average Bonchev–Trinajstić information content (AvgIpc) is 1.92. The molecule has 1 aromatic rings. The minimum absolute atomic E-state index is 0.350. The van der Waals surface area contributed by atoms with Crippen LogP contribution in [0, 0.1) is 6.92 Å². The van der Waals surface area contributed by atoms with Crippen LogP contribution in [0.5, 0.6) is 0 Å². The van der Waals surface area contributed by atoms with Crippen LogP contribution in [0.25, 0.3) is 0 Å². The van der Waals surface area contributed by atoms with Gasteiger partial charge >= 0.3 is 0 Å². The summed E-state index contributed by atoms with van der Waals surface area (Å²) in [5.74, 6) is 0. The Kier molecular flexibility index (Phi) is 2.58. The van der Waals surface area contributed by atoms with Gasteiger partial charge in [0.05, 0.1) is 4.90 Å². The minimum atomic E-state index is -3.10. The Morgan fingerprint density at radius 3 is 2.33 bits per heavy atom. The van der Waals surface area contributed by atoms with E-state index in [2.05, 4.69) is 15.9 Å². The largest absolute Gasteiger partial charge is 0.224 e.